The highest BCUT2D eigenvalue weighted by atomic mass is 32.2. The Morgan fingerprint density at radius 3 is 2.54 bits per heavy atom. The molecule has 190 valence electrons. The van der Waals surface area contributed by atoms with Crippen molar-refractivity contribution in [3.8, 4) is 0 Å². The first-order valence-electron chi connectivity index (χ1n) is 12.2. The van der Waals surface area contributed by atoms with E-state index in [9.17, 15) is 18.0 Å². The van der Waals surface area contributed by atoms with Gasteiger partial charge in [0.15, 0.2) is 0 Å². The zero-order valence-corrected chi connectivity index (χ0v) is 22.2. The maximum atomic E-state index is 13.2. The van der Waals surface area contributed by atoms with Crippen LogP contribution in [0.4, 0.5) is 5.69 Å². The summed E-state index contributed by atoms with van der Waals surface area (Å²) < 4.78 is 29.1. The van der Waals surface area contributed by atoms with Crippen molar-refractivity contribution in [1.82, 2.24) is 10.2 Å². The van der Waals surface area contributed by atoms with Crippen LogP contribution in [0.25, 0.3) is 0 Å². The molecular formula is C27H37N3O4S. The summed E-state index contributed by atoms with van der Waals surface area (Å²) in [5.74, 6) is -0.442. The van der Waals surface area contributed by atoms with Crippen LogP contribution in [0.2, 0.25) is 0 Å². The predicted octanol–water partition coefficient (Wildman–Crippen LogP) is 4.47. The van der Waals surface area contributed by atoms with Gasteiger partial charge in [0.25, 0.3) is 15.9 Å². The molecule has 1 heterocycles. The van der Waals surface area contributed by atoms with Gasteiger partial charge in [-0.3, -0.25) is 14.3 Å². The Morgan fingerprint density at radius 1 is 1.11 bits per heavy atom. The summed E-state index contributed by atoms with van der Waals surface area (Å²) in [6.07, 6.45) is 2.38. The molecule has 8 heteroatoms. The van der Waals surface area contributed by atoms with Crippen molar-refractivity contribution in [3.05, 3.63) is 59.2 Å². The highest BCUT2D eigenvalue weighted by Gasteiger charge is 2.29. The van der Waals surface area contributed by atoms with Crippen LogP contribution in [0.15, 0.2) is 47.4 Å². The van der Waals surface area contributed by atoms with E-state index < -0.39 is 10.0 Å². The van der Waals surface area contributed by atoms with Gasteiger partial charge in [0.1, 0.15) is 0 Å². The van der Waals surface area contributed by atoms with Crippen LogP contribution in [0, 0.1) is 12.8 Å². The fourth-order valence-electron chi connectivity index (χ4n) is 4.23. The molecule has 0 bridgehead atoms. The first kappa shape index (κ1) is 26.7. The van der Waals surface area contributed by atoms with E-state index >= 15 is 0 Å². The number of rotatable bonds is 7. The zero-order chi connectivity index (χ0) is 25.8. The summed E-state index contributed by atoms with van der Waals surface area (Å²) in [4.78, 5) is 27.5. The number of nitrogens with one attached hydrogen (secondary N) is 2. The molecule has 35 heavy (non-hydrogen) atoms. The second-order valence-electron chi connectivity index (χ2n) is 10.3. The maximum absolute atomic E-state index is 13.2. The van der Waals surface area contributed by atoms with E-state index in [0.717, 1.165) is 24.8 Å². The molecule has 0 radical (unpaired) electrons. The standard InChI is InChI=1S/C27H37N3O4S/c1-6-14-28-25(31)21-10-8-15-30(18-21)26(32)20-9-7-11-23(16-20)29-35(33,34)24-17-22(27(3,4)5)13-12-19(24)2/h7,9,11-13,16-17,21,29H,6,8,10,14-15,18H2,1-5H3,(H,28,31). The van der Waals surface area contributed by atoms with Gasteiger partial charge in [-0.2, -0.15) is 0 Å². The molecule has 0 aromatic heterocycles. The summed E-state index contributed by atoms with van der Waals surface area (Å²) in [7, 11) is -3.85. The molecule has 0 spiro atoms. The van der Waals surface area contributed by atoms with Gasteiger partial charge in [-0.25, -0.2) is 8.42 Å². The summed E-state index contributed by atoms with van der Waals surface area (Å²) >= 11 is 0. The van der Waals surface area contributed by atoms with Crippen molar-refractivity contribution in [2.75, 3.05) is 24.4 Å². The predicted molar refractivity (Wildman–Crippen MR) is 139 cm³/mol. The van der Waals surface area contributed by atoms with E-state index in [1.807, 2.05) is 39.8 Å². The first-order valence-corrected chi connectivity index (χ1v) is 13.7. The number of hydrogen-bond donors (Lipinski definition) is 2. The van der Waals surface area contributed by atoms with Gasteiger partial charge in [-0.15, -0.1) is 0 Å². The summed E-state index contributed by atoms with van der Waals surface area (Å²) in [6, 6.07) is 12.0. The molecule has 1 atom stereocenters. The summed E-state index contributed by atoms with van der Waals surface area (Å²) in [6.45, 7) is 11.4. The minimum Gasteiger partial charge on any atom is -0.356 e. The van der Waals surface area contributed by atoms with Crippen molar-refractivity contribution >= 4 is 27.5 Å². The van der Waals surface area contributed by atoms with Crippen molar-refractivity contribution in [1.29, 1.82) is 0 Å². The van der Waals surface area contributed by atoms with Crippen LogP contribution >= 0.6 is 0 Å². The Kier molecular flexibility index (Phi) is 8.26. The van der Waals surface area contributed by atoms with Crippen molar-refractivity contribution in [2.24, 2.45) is 5.92 Å². The van der Waals surface area contributed by atoms with Crippen molar-refractivity contribution < 1.29 is 18.0 Å². The number of anilines is 1. The molecule has 3 rings (SSSR count). The quantitative estimate of drug-likeness (QED) is 0.587. The average Bonchev–Trinajstić information content (AvgIpc) is 2.81. The molecule has 2 aromatic carbocycles. The monoisotopic (exact) mass is 499 g/mol. The number of aryl methyl sites for hydroxylation is 1. The Hall–Kier alpha value is -2.87. The summed E-state index contributed by atoms with van der Waals surface area (Å²) in [5.41, 5.74) is 2.10. The van der Waals surface area contributed by atoms with Crippen LogP contribution in [-0.4, -0.2) is 44.8 Å². The van der Waals surface area contributed by atoms with E-state index in [4.69, 9.17) is 0 Å². The Balaban J connectivity index is 1.78. The molecule has 1 unspecified atom stereocenters. The smallest absolute Gasteiger partial charge is 0.262 e. The lowest BCUT2D eigenvalue weighted by Crippen LogP contribution is -2.45. The molecule has 0 saturated carbocycles. The number of hydrogen-bond acceptors (Lipinski definition) is 4. The van der Waals surface area contributed by atoms with E-state index in [1.54, 1.807) is 42.2 Å². The van der Waals surface area contributed by atoms with Gasteiger partial charge in [0.05, 0.1) is 10.8 Å². The van der Waals surface area contributed by atoms with Crippen LogP contribution in [-0.2, 0) is 20.2 Å². The lowest BCUT2D eigenvalue weighted by Gasteiger charge is -2.32. The van der Waals surface area contributed by atoms with Crippen molar-refractivity contribution in [2.45, 2.75) is 64.2 Å². The third-order valence-electron chi connectivity index (χ3n) is 6.33. The number of likely N-dealkylation sites (tertiary alicyclic amines) is 1. The van der Waals surface area contributed by atoms with Gasteiger partial charge in [0.2, 0.25) is 5.91 Å². The molecule has 1 saturated heterocycles. The van der Waals surface area contributed by atoms with E-state index in [0.29, 0.717) is 36.4 Å². The highest BCUT2D eigenvalue weighted by molar-refractivity contribution is 7.92. The lowest BCUT2D eigenvalue weighted by molar-refractivity contribution is -0.126. The van der Waals surface area contributed by atoms with E-state index in [1.165, 1.54) is 0 Å². The van der Waals surface area contributed by atoms with Gasteiger partial charge in [0, 0.05) is 30.9 Å². The highest BCUT2D eigenvalue weighted by Crippen LogP contribution is 2.28. The fraction of sp³-hybridized carbons (Fsp3) is 0.481. The first-order chi connectivity index (χ1) is 16.4. The maximum Gasteiger partial charge on any atom is 0.262 e. The molecule has 1 aliphatic heterocycles. The molecule has 2 amide bonds. The molecule has 7 nitrogen and oxygen atoms in total. The average molecular weight is 500 g/mol. The third-order valence-corrected chi connectivity index (χ3v) is 7.86. The Morgan fingerprint density at radius 2 is 1.86 bits per heavy atom. The second kappa shape index (κ2) is 10.8. The third kappa shape index (κ3) is 6.63. The molecule has 2 aromatic rings. The van der Waals surface area contributed by atoms with Gasteiger partial charge >= 0.3 is 0 Å². The normalized spacial score (nSPS) is 16.6. The molecule has 0 aliphatic carbocycles. The number of nitrogens with zero attached hydrogens (tertiary/aromatic N) is 1. The number of piperidine rings is 1. The second-order valence-corrected chi connectivity index (χ2v) is 11.9. The fourth-order valence-corrected chi connectivity index (χ4v) is 5.55. The molecule has 2 N–H and O–H groups in total. The molecule has 1 fully saturated rings. The molecular weight excluding hydrogens is 462 g/mol. The van der Waals surface area contributed by atoms with E-state index in [-0.39, 0.29) is 28.0 Å². The van der Waals surface area contributed by atoms with Gasteiger partial charge in [-0.1, -0.05) is 45.9 Å². The van der Waals surface area contributed by atoms with Crippen LogP contribution in [0.3, 0.4) is 0 Å². The molecule has 1 aliphatic rings. The van der Waals surface area contributed by atoms with Gasteiger partial charge < -0.3 is 10.2 Å². The minimum atomic E-state index is -3.85. The lowest BCUT2D eigenvalue weighted by atomic mass is 9.87. The number of carbonyl (C=O) groups excluding carboxylic acids is 2. The topological polar surface area (TPSA) is 95.6 Å². The number of sulfonamides is 1. The zero-order valence-electron chi connectivity index (χ0n) is 21.3. The van der Waals surface area contributed by atoms with E-state index in [2.05, 4.69) is 10.0 Å². The Bertz CT molecular complexity index is 1190. The number of carbonyl (C=O) groups is 2. The number of benzene rings is 2. The van der Waals surface area contributed by atoms with Crippen LogP contribution in [0.5, 0.6) is 0 Å². The minimum absolute atomic E-state index is 0.0151. The SMILES string of the molecule is CCCNC(=O)C1CCCN(C(=O)c2cccc(NS(=O)(=O)c3cc(C(C)(C)C)ccc3C)c2)C1. The largest absolute Gasteiger partial charge is 0.356 e. The Labute approximate surface area is 209 Å². The van der Waals surface area contributed by atoms with Gasteiger partial charge in [-0.05, 0) is 67.0 Å². The van der Waals surface area contributed by atoms with Crippen LogP contribution in [0.1, 0.15) is 68.4 Å². The summed E-state index contributed by atoms with van der Waals surface area (Å²) in [5, 5.41) is 2.92. The van der Waals surface area contributed by atoms with Crippen LogP contribution < -0.4 is 10.0 Å². The number of amides is 2. The van der Waals surface area contributed by atoms with Crippen molar-refractivity contribution in [3.63, 3.8) is 0 Å².